The number of hydrogen-bond acceptors (Lipinski definition) is 7. The molecule has 0 radical (unpaired) electrons. The molecule has 0 spiro atoms. The van der Waals surface area contributed by atoms with Gasteiger partial charge in [-0.3, -0.25) is 4.79 Å². The van der Waals surface area contributed by atoms with Crippen molar-refractivity contribution in [2.24, 2.45) is 11.8 Å². The van der Waals surface area contributed by atoms with E-state index in [1.54, 1.807) is 42.5 Å². The van der Waals surface area contributed by atoms with Crippen LogP contribution in [0.25, 0.3) is 11.1 Å². The molecule has 1 aliphatic heterocycles. The van der Waals surface area contributed by atoms with Gasteiger partial charge in [0.25, 0.3) is 11.6 Å². The molecule has 2 aliphatic rings. The van der Waals surface area contributed by atoms with Crippen molar-refractivity contribution in [1.29, 1.82) is 0 Å². The molecule has 12 heteroatoms. The topological polar surface area (TPSA) is 105 Å². The molecular weight excluding hydrogens is 631 g/mol. The molecule has 1 aliphatic carbocycles. The maximum absolute atomic E-state index is 14.4. The van der Waals surface area contributed by atoms with Gasteiger partial charge in [-0.15, -0.1) is 0 Å². The predicted molar refractivity (Wildman–Crippen MR) is 173 cm³/mol. The third kappa shape index (κ3) is 7.98. The molecule has 1 saturated carbocycles. The number of likely N-dealkylation sites (tertiary alicyclic amines) is 1. The maximum atomic E-state index is 14.4. The molecule has 4 atom stereocenters. The number of ether oxygens (including phenoxy) is 1. The van der Waals surface area contributed by atoms with Gasteiger partial charge in [0, 0.05) is 36.3 Å². The summed E-state index contributed by atoms with van der Waals surface area (Å²) in [7, 11) is -3.76. The summed E-state index contributed by atoms with van der Waals surface area (Å²) in [6, 6.07) is 23.3. The lowest BCUT2D eigenvalue weighted by atomic mass is 9.81. The van der Waals surface area contributed by atoms with E-state index in [0.29, 0.717) is 36.4 Å². The summed E-state index contributed by atoms with van der Waals surface area (Å²) in [6.45, 7) is 4.85. The molecular formula is C35H40F3N3O5S. The second-order valence-electron chi connectivity index (χ2n) is 12.7. The molecule has 1 heterocycles. The minimum absolute atomic E-state index is 0.00557. The van der Waals surface area contributed by atoms with Crippen molar-refractivity contribution in [2.75, 3.05) is 24.2 Å². The van der Waals surface area contributed by atoms with Crippen LogP contribution in [0, 0.1) is 11.8 Å². The number of rotatable bonds is 11. The fourth-order valence-electron chi connectivity index (χ4n) is 6.60. The van der Waals surface area contributed by atoms with Crippen LogP contribution in [0.5, 0.6) is 0 Å². The lowest BCUT2D eigenvalue weighted by Crippen LogP contribution is -2.56. The van der Waals surface area contributed by atoms with Crippen LogP contribution in [0.2, 0.25) is 0 Å². The largest absolute Gasteiger partial charge is 0.491 e. The molecule has 1 saturated heterocycles. The fraction of sp³-hybridized carbons (Fsp3) is 0.429. The molecule has 5 rings (SSSR count). The normalized spacial score (nSPS) is 23.6. The van der Waals surface area contributed by atoms with E-state index in [9.17, 15) is 31.2 Å². The summed E-state index contributed by atoms with van der Waals surface area (Å²) in [6.07, 6.45) is -4.08. The summed E-state index contributed by atoms with van der Waals surface area (Å²) in [4.78, 5) is 28.3. The van der Waals surface area contributed by atoms with Crippen LogP contribution in [0.4, 0.5) is 18.9 Å². The van der Waals surface area contributed by atoms with E-state index in [0.717, 1.165) is 12.1 Å². The van der Waals surface area contributed by atoms with E-state index < -0.39 is 45.6 Å². The first-order valence-corrected chi connectivity index (χ1v) is 17.5. The summed E-state index contributed by atoms with van der Waals surface area (Å²) in [5.74, 6) is -3.72. The van der Waals surface area contributed by atoms with E-state index >= 15 is 0 Å². The van der Waals surface area contributed by atoms with Gasteiger partial charge >= 0.3 is 12.1 Å². The summed E-state index contributed by atoms with van der Waals surface area (Å²) >= 11 is 0. The number of sulfone groups is 1. The maximum Gasteiger partial charge on any atom is 0.491 e. The van der Waals surface area contributed by atoms with Crippen molar-refractivity contribution in [3.05, 3.63) is 84.9 Å². The highest BCUT2D eigenvalue weighted by molar-refractivity contribution is 7.91. The van der Waals surface area contributed by atoms with Crippen LogP contribution >= 0.6 is 0 Å². The predicted octanol–water partition coefficient (Wildman–Crippen LogP) is 6.06. The molecule has 47 heavy (non-hydrogen) atoms. The second-order valence-corrected chi connectivity index (χ2v) is 14.8. The zero-order chi connectivity index (χ0) is 33.8. The molecule has 0 aromatic heterocycles. The lowest BCUT2D eigenvalue weighted by molar-refractivity contribution is -0.211. The van der Waals surface area contributed by atoms with Gasteiger partial charge in [0.1, 0.15) is 0 Å². The molecule has 8 nitrogen and oxygen atoms in total. The average molecular weight is 672 g/mol. The monoisotopic (exact) mass is 671 g/mol. The molecule has 252 valence electrons. The van der Waals surface area contributed by atoms with Gasteiger partial charge in [0.15, 0.2) is 9.84 Å². The average Bonchev–Trinajstić information content (AvgIpc) is 3.35. The van der Waals surface area contributed by atoms with Crippen molar-refractivity contribution in [1.82, 2.24) is 10.2 Å². The SMILES string of the molecule is CC(C)CN[C@@H]1CC[C@H](N2CCC(Nc3ccccc3-c3ccccc3)(OC(=O)C(F)(F)F)C2=O)[C@H](CS(=O)(=O)c2ccccc2)C1. The number of halogens is 3. The third-order valence-corrected chi connectivity index (χ3v) is 10.7. The summed E-state index contributed by atoms with van der Waals surface area (Å²) in [5, 5.41) is 6.42. The zero-order valence-electron chi connectivity index (χ0n) is 26.4. The van der Waals surface area contributed by atoms with Crippen LogP contribution in [0.15, 0.2) is 89.8 Å². The number of para-hydroxylation sites is 1. The van der Waals surface area contributed by atoms with Gasteiger partial charge in [-0.05, 0) is 61.4 Å². The molecule has 3 aromatic rings. The van der Waals surface area contributed by atoms with E-state index in [4.69, 9.17) is 4.74 Å². The van der Waals surface area contributed by atoms with Crippen LogP contribution in [-0.4, -0.2) is 68.0 Å². The number of anilines is 1. The first-order valence-electron chi connectivity index (χ1n) is 15.8. The van der Waals surface area contributed by atoms with Crippen molar-refractivity contribution >= 4 is 27.4 Å². The number of nitrogens with one attached hydrogen (secondary N) is 2. The number of hydrogen-bond donors (Lipinski definition) is 2. The van der Waals surface area contributed by atoms with E-state index in [-0.39, 0.29) is 29.7 Å². The van der Waals surface area contributed by atoms with E-state index in [1.807, 2.05) is 30.3 Å². The highest BCUT2D eigenvalue weighted by Gasteiger charge is 2.57. The van der Waals surface area contributed by atoms with E-state index in [1.165, 1.54) is 17.0 Å². The van der Waals surface area contributed by atoms with Gasteiger partial charge in [0.2, 0.25) is 0 Å². The zero-order valence-corrected chi connectivity index (χ0v) is 27.2. The number of benzene rings is 3. The lowest BCUT2D eigenvalue weighted by Gasteiger charge is -2.42. The first-order chi connectivity index (χ1) is 22.3. The van der Waals surface area contributed by atoms with Crippen LogP contribution in [0.1, 0.15) is 39.5 Å². The molecule has 2 fully saturated rings. The summed E-state index contributed by atoms with van der Waals surface area (Å²) < 4.78 is 73.1. The fourth-order valence-corrected chi connectivity index (χ4v) is 8.28. The second kappa shape index (κ2) is 14.1. The van der Waals surface area contributed by atoms with Crippen molar-refractivity contribution in [2.45, 2.75) is 68.4 Å². The molecule has 0 bridgehead atoms. The van der Waals surface area contributed by atoms with Crippen molar-refractivity contribution in [3.63, 3.8) is 0 Å². The van der Waals surface area contributed by atoms with Crippen LogP contribution < -0.4 is 10.6 Å². The number of alkyl halides is 3. The number of nitrogens with zero attached hydrogens (tertiary/aromatic N) is 1. The molecule has 3 aromatic carbocycles. The Morgan fingerprint density at radius 2 is 1.62 bits per heavy atom. The Balaban J connectivity index is 1.48. The first kappa shape index (κ1) is 34.4. The van der Waals surface area contributed by atoms with Gasteiger partial charge in [-0.25, -0.2) is 13.2 Å². The molecule has 2 N–H and O–H groups in total. The Hall–Kier alpha value is -3.90. The number of carbonyl (C=O) groups is 2. The Kier molecular flexibility index (Phi) is 10.3. The third-order valence-electron chi connectivity index (χ3n) is 8.85. The molecule has 1 amide bonds. The minimum Gasteiger partial charge on any atom is -0.423 e. The van der Waals surface area contributed by atoms with Gasteiger partial charge < -0.3 is 20.3 Å². The Morgan fingerprint density at radius 1 is 0.979 bits per heavy atom. The van der Waals surface area contributed by atoms with Crippen LogP contribution in [-0.2, 0) is 24.2 Å². The van der Waals surface area contributed by atoms with Crippen molar-refractivity contribution < 1.29 is 35.9 Å². The van der Waals surface area contributed by atoms with Gasteiger partial charge in [-0.1, -0.05) is 80.6 Å². The van der Waals surface area contributed by atoms with Crippen LogP contribution in [0.3, 0.4) is 0 Å². The summed E-state index contributed by atoms with van der Waals surface area (Å²) in [5.41, 5.74) is -0.694. The number of amides is 1. The van der Waals surface area contributed by atoms with Crippen molar-refractivity contribution in [3.8, 4) is 11.1 Å². The standard InChI is InChI=1S/C35H40F3N3O5S/c1-24(2)22-39-27-17-18-31(26(21-27)23-47(44,45)28-13-7-4-8-14-28)41-20-19-34(32(41)42,46-33(43)35(36,37)38)40-30-16-10-9-15-29(30)25-11-5-3-6-12-25/h3-16,24,26-27,31,39-40H,17-23H2,1-2H3/t26-,27+,31-,34?/m0/s1. The van der Waals surface area contributed by atoms with E-state index in [2.05, 4.69) is 24.5 Å². The Morgan fingerprint density at radius 3 is 2.28 bits per heavy atom. The highest BCUT2D eigenvalue weighted by atomic mass is 32.2. The van der Waals surface area contributed by atoms with Gasteiger partial charge in [-0.2, -0.15) is 13.2 Å². The Bertz CT molecular complexity index is 1650. The number of esters is 1. The van der Waals surface area contributed by atoms with Gasteiger partial charge in [0.05, 0.1) is 10.6 Å². The quantitative estimate of drug-likeness (QED) is 0.189. The molecule has 1 unspecified atom stereocenters. The minimum atomic E-state index is -5.34. The smallest absolute Gasteiger partial charge is 0.423 e. The number of carbonyl (C=O) groups excluding carboxylic acids is 2. The highest BCUT2D eigenvalue weighted by Crippen LogP contribution is 2.40. The Labute approximate surface area is 273 Å².